The van der Waals surface area contributed by atoms with Gasteiger partial charge in [0.2, 0.25) is 0 Å². The van der Waals surface area contributed by atoms with E-state index in [0.29, 0.717) is 5.41 Å². The zero-order chi connectivity index (χ0) is 15.4. The first-order chi connectivity index (χ1) is 10.7. The van der Waals surface area contributed by atoms with Crippen LogP contribution < -0.4 is 10.5 Å². The smallest absolute Gasteiger partial charge is 0.119 e. The SMILES string of the molecule is CC(N)Cc1cccc(OCCN2CC3(CCCOC3)C2)c1. The third-order valence-corrected chi connectivity index (χ3v) is 4.65. The molecule has 122 valence electrons. The Morgan fingerprint density at radius 3 is 3.00 bits per heavy atom. The lowest BCUT2D eigenvalue weighted by Gasteiger charge is -2.52. The molecule has 0 amide bonds. The van der Waals surface area contributed by atoms with Crippen LogP contribution in [0.25, 0.3) is 0 Å². The fourth-order valence-electron chi connectivity index (χ4n) is 3.65. The monoisotopic (exact) mass is 304 g/mol. The van der Waals surface area contributed by atoms with E-state index >= 15 is 0 Å². The van der Waals surface area contributed by atoms with Crippen molar-refractivity contribution >= 4 is 0 Å². The molecule has 1 atom stereocenters. The van der Waals surface area contributed by atoms with Crippen LogP contribution in [0.4, 0.5) is 0 Å². The Hall–Kier alpha value is -1.10. The number of rotatable bonds is 6. The Morgan fingerprint density at radius 2 is 2.27 bits per heavy atom. The maximum Gasteiger partial charge on any atom is 0.119 e. The van der Waals surface area contributed by atoms with Crippen molar-refractivity contribution in [3.8, 4) is 5.75 Å². The highest BCUT2D eigenvalue weighted by molar-refractivity contribution is 5.29. The Labute approximate surface area is 133 Å². The minimum absolute atomic E-state index is 0.185. The van der Waals surface area contributed by atoms with Gasteiger partial charge >= 0.3 is 0 Å². The van der Waals surface area contributed by atoms with Crippen molar-refractivity contribution in [2.24, 2.45) is 11.1 Å². The van der Waals surface area contributed by atoms with Crippen molar-refractivity contribution in [2.45, 2.75) is 32.2 Å². The van der Waals surface area contributed by atoms with Gasteiger partial charge in [-0.05, 0) is 43.9 Å². The van der Waals surface area contributed by atoms with Gasteiger partial charge in [0.1, 0.15) is 12.4 Å². The summed E-state index contributed by atoms with van der Waals surface area (Å²) in [4.78, 5) is 2.47. The van der Waals surface area contributed by atoms with Crippen molar-refractivity contribution in [3.63, 3.8) is 0 Å². The van der Waals surface area contributed by atoms with Crippen LogP contribution in [0.15, 0.2) is 24.3 Å². The fraction of sp³-hybridized carbons (Fsp3) is 0.667. The van der Waals surface area contributed by atoms with Gasteiger partial charge < -0.3 is 15.2 Å². The molecule has 1 aromatic rings. The molecule has 4 nitrogen and oxygen atoms in total. The maximum atomic E-state index is 5.90. The summed E-state index contributed by atoms with van der Waals surface area (Å²) in [5.41, 5.74) is 7.55. The van der Waals surface area contributed by atoms with Gasteiger partial charge in [-0.3, -0.25) is 4.90 Å². The van der Waals surface area contributed by atoms with Gasteiger partial charge in [-0.1, -0.05) is 12.1 Å². The Balaban J connectivity index is 1.39. The van der Waals surface area contributed by atoms with Gasteiger partial charge in [0.15, 0.2) is 0 Å². The summed E-state index contributed by atoms with van der Waals surface area (Å²) in [7, 11) is 0. The van der Waals surface area contributed by atoms with Crippen LogP contribution in [0.5, 0.6) is 5.75 Å². The molecule has 2 N–H and O–H groups in total. The molecular weight excluding hydrogens is 276 g/mol. The average Bonchev–Trinajstić information content (AvgIpc) is 2.46. The van der Waals surface area contributed by atoms with Crippen LogP contribution in [0.3, 0.4) is 0 Å². The number of hydrogen-bond acceptors (Lipinski definition) is 4. The predicted octanol–water partition coefficient (Wildman–Crippen LogP) is 2.07. The highest BCUT2D eigenvalue weighted by Crippen LogP contribution is 2.37. The standard InChI is InChI=1S/C18H28N2O2/c1-15(19)10-16-4-2-5-17(11-16)22-9-7-20-12-18(13-20)6-3-8-21-14-18/h2,4-5,11,15H,3,6-10,12-14,19H2,1H3. The summed E-state index contributed by atoms with van der Waals surface area (Å²) in [6.45, 7) is 8.01. The highest BCUT2D eigenvalue weighted by Gasteiger charge is 2.43. The molecule has 1 spiro atoms. The third-order valence-electron chi connectivity index (χ3n) is 4.65. The van der Waals surface area contributed by atoms with Crippen LogP contribution in [0.1, 0.15) is 25.3 Å². The molecule has 1 unspecified atom stereocenters. The van der Waals surface area contributed by atoms with Crippen LogP contribution in [0.2, 0.25) is 0 Å². The number of nitrogens with zero attached hydrogens (tertiary/aromatic N) is 1. The van der Waals surface area contributed by atoms with Gasteiger partial charge in [-0.25, -0.2) is 0 Å². The van der Waals surface area contributed by atoms with E-state index in [1.165, 1.54) is 31.5 Å². The lowest BCUT2D eigenvalue weighted by atomic mass is 9.75. The summed E-state index contributed by atoms with van der Waals surface area (Å²) in [5, 5.41) is 0. The predicted molar refractivity (Wildman–Crippen MR) is 88.2 cm³/mol. The quantitative estimate of drug-likeness (QED) is 0.874. The van der Waals surface area contributed by atoms with Crippen LogP contribution in [0, 0.1) is 5.41 Å². The first-order valence-electron chi connectivity index (χ1n) is 8.43. The van der Waals surface area contributed by atoms with Crippen molar-refractivity contribution < 1.29 is 9.47 Å². The molecule has 0 saturated carbocycles. The first kappa shape index (κ1) is 15.8. The van der Waals surface area contributed by atoms with E-state index < -0.39 is 0 Å². The number of nitrogens with two attached hydrogens (primary N) is 1. The summed E-state index contributed by atoms with van der Waals surface area (Å²) in [6, 6.07) is 8.47. The largest absolute Gasteiger partial charge is 0.492 e. The molecule has 2 heterocycles. The second-order valence-corrected chi connectivity index (χ2v) is 7.04. The molecule has 22 heavy (non-hydrogen) atoms. The second kappa shape index (κ2) is 6.99. The number of likely N-dealkylation sites (tertiary alicyclic amines) is 1. The Kier molecular flexibility index (Phi) is 5.01. The second-order valence-electron chi connectivity index (χ2n) is 7.04. The van der Waals surface area contributed by atoms with Crippen molar-refractivity contribution in [2.75, 3.05) is 39.5 Å². The lowest BCUT2D eigenvalue weighted by Crippen LogP contribution is -2.60. The molecule has 0 radical (unpaired) electrons. The average molecular weight is 304 g/mol. The number of benzene rings is 1. The summed E-state index contributed by atoms with van der Waals surface area (Å²) < 4.78 is 11.5. The first-order valence-corrected chi connectivity index (χ1v) is 8.43. The highest BCUT2D eigenvalue weighted by atomic mass is 16.5. The van der Waals surface area contributed by atoms with E-state index in [-0.39, 0.29) is 6.04 Å². The molecule has 2 aliphatic rings. The topological polar surface area (TPSA) is 47.7 Å². The van der Waals surface area contributed by atoms with Crippen LogP contribution >= 0.6 is 0 Å². The normalized spacial score (nSPS) is 22.3. The molecule has 0 aliphatic carbocycles. The molecule has 1 aromatic carbocycles. The van der Waals surface area contributed by atoms with E-state index in [1.54, 1.807) is 0 Å². The zero-order valence-electron chi connectivity index (χ0n) is 13.6. The number of ether oxygens (including phenoxy) is 2. The van der Waals surface area contributed by atoms with Crippen LogP contribution in [-0.4, -0.2) is 50.4 Å². The van der Waals surface area contributed by atoms with Gasteiger partial charge in [-0.15, -0.1) is 0 Å². The van der Waals surface area contributed by atoms with E-state index in [2.05, 4.69) is 17.0 Å². The summed E-state index contributed by atoms with van der Waals surface area (Å²) in [5.74, 6) is 0.953. The molecule has 2 fully saturated rings. The van der Waals surface area contributed by atoms with E-state index in [0.717, 1.165) is 38.5 Å². The molecule has 3 rings (SSSR count). The molecule has 0 bridgehead atoms. The summed E-state index contributed by atoms with van der Waals surface area (Å²) >= 11 is 0. The van der Waals surface area contributed by atoms with E-state index in [4.69, 9.17) is 15.2 Å². The summed E-state index contributed by atoms with van der Waals surface area (Å²) in [6.07, 6.45) is 3.44. The minimum atomic E-state index is 0.185. The third kappa shape index (κ3) is 4.00. The van der Waals surface area contributed by atoms with Gasteiger partial charge in [0.25, 0.3) is 0 Å². The molecular formula is C18H28N2O2. The molecule has 0 aromatic heterocycles. The molecule has 4 heteroatoms. The molecule has 2 saturated heterocycles. The Morgan fingerprint density at radius 1 is 1.41 bits per heavy atom. The van der Waals surface area contributed by atoms with E-state index in [9.17, 15) is 0 Å². The maximum absolute atomic E-state index is 5.90. The number of hydrogen-bond donors (Lipinski definition) is 1. The van der Waals surface area contributed by atoms with Crippen molar-refractivity contribution in [3.05, 3.63) is 29.8 Å². The Bertz CT molecular complexity index is 476. The lowest BCUT2D eigenvalue weighted by molar-refractivity contribution is -0.102. The van der Waals surface area contributed by atoms with Gasteiger partial charge in [0, 0.05) is 37.7 Å². The van der Waals surface area contributed by atoms with E-state index in [1.807, 2.05) is 19.1 Å². The fourth-order valence-corrected chi connectivity index (χ4v) is 3.65. The minimum Gasteiger partial charge on any atom is -0.492 e. The zero-order valence-corrected chi connectivity index (χ0v) is 13.6. The van der Waals surface area contributed by atoms with Gasteiger partial charge in [0.05, 0.1) is 6.61 Å². The van der Waals surface area contributed by atoms with Crippen molar-refractivity contribution in [1.29, 1.82) is 0 Å². The van der Waals surface area contributed by atoms with Gasteiger partial charge in [-0.2, -0.15) is 0 Å². The van der Waals surface area contributed by atoms with Crippen LogP contribution in [-0.2, 0) is 11.2 Å². The van der Waals surface area contributed by atoms with Crippen molar-refractivity contribution in [1.82, 2.24) is 4.90 Å². The molecule has 2 aliphatic heterocycles.